The third-order valence-electron chi connectivity index (χ3n) is 3.41. The van der Waals surface area contributed by atoms with Crippen LogP contribution in [0.3, 0.4) is 0 Å². The van der Waals surface area contributed by atoms with Crippen molar-refractivity contribution >= 4 is 23.3 Å². The van der Waals surface area contributed by atoms with E-state index in [9.17, 15) is 14.3 Å². The second-order valence-electron chi connectivity index (χ2n) is 5.51. The fraction of sp³-hybridized carbons (Fsp3) is 0.312. The summed E-state index contributed by atoms with van der Waals surface area (Å²) in [7, 11) is 0. The molecule has 0 bridgehead atoms. The molecule has 23 heavy (non-hydrogen) atoms. The molecule has 0 fully saturated rings. The van der Waals surface area contributed by atoms with E-state index in [0.717, 1.165) is 0 Å². The average molecular weight is 341 g/mol. The molecule has 1 aromatic carbocycles. The molecule has 1 unspecified atom stereocenters. The van der Waals surface area contributed by atoms with E-state index in [4.69, 9.17) is 16.0 Å². The first kappa shape index (κ1) is 17.3. The number of hydrogen-bond donors (Lipinski definition) is 3. The highest BCUT2D eigenvalue weighted by Gasteiger charge is 2.28. The van der Waals surface area contributed by atoms with Gasteiger partial charge in [0, 0.05) is 5.56 Å². The molecule has 0 aliphatic carbocycles. The Balaban J connectivity index is 2.01. The first-order valence-electron chi connectivity index (χ1n) is 6.99. The van der Waals surface area contributed by atoms with Crippen LogP contribution in [-0.2, 0) is 5.60 Å². The van der Waals surface area contributed by atoms with Crippen LogP contribution in [0.4, 0.5) is 14.9 Å². The Kier molecular flexibility index (Phi) is 4.97. The minimum absolute atomic E-state index is 0.0371. The summed E-state index contributed by atoms with van der Waals surface area (Å²) >= 11 is 5.65. The molecule has 3 N–H and O–H groups in total. The number of rotatable bonds is 4. The van der Waals surface area contributed by atoms with Crippen LogP contribution in [0.1, 0.15) is 24.0 Å². The van der Waals surface area contributed by atoms with Crippen LogP contribution in [0.5, 0.6) is 0 Å². The molecule has 0 aliphatic rings. The van der Waals surface area contributed by atoms with Crippen molar-refractivity contribution in [3.05, 3.63) is 52.2 Å². The maximum atomic E-state index is 13.7. The standard InChI is InChI=1S/C16H18ClFN2O3/c1-9-7-11(10(2)23-9)16(3,22)8-19-15(21)20-13-6-4-5-12(17)14(13)18/h4-7,22H,8H2,1-3H3,(H2,19,20,21). The molecule has 124 valence electrons. The molecule has 2 amide bonds. The fourth-order valence-electron chi connectivity index (χ4n) is 2.28. The van der Waals surface area contributed by atoms with E-state index < -0.39 is 17.4 Å². The van der Waals surface area contributed by atoms with E-state index in [1.165, 1.54) is 18.2 Å². The summed E-state index contributed by atoms with van der Waals surface area (Å²) in [5.74, 6) is 0.538. The van der Waals surface area contributed by atoms with Crippen molar-refractivity contribution in [1.29, 1.82) is 0 Å². The van der Waals surface area contributed by atoms with Gasteiger partial charge in [-0.15, -0.1) is 0 Å². The van der Waals surface area contributed by atoms with E-state index in [1.807, 2.05) is 0 Å². The van der Waals surface area contributed by atoms with Gasteiger partial charge in [0.25, 0.3) is 0 Å². The van der Waals surface area contributed by atoms with Crippen LogP contribution in [0.25, 0.3) is 0 Å². The zero-order valence-electron chi connectivity index (χ0n) is 13.0. The van der Waals surface area contributed by atoms with Crippen molar-refractivity contribution in [2.24, 2.45) is 0 Å². The number of carbonyl (C=O) groups excluding carboxylic acids is 1. The lowest BCUT2D eigenvalue weighted by molar-refractivity contribution is 0.0584. The average Bonchev–Trinajstić information content (AvgIpc) is 2.82. The molecule has 5 nitrogen and oxygen atoms in total. The molecule has 0 spiro atoms. The predicted octanol–water partition coefficient (Wildman–Crippen LogP) is 3.72. The topological polar surface area (TPSA) is 74.5 Å². The molecule has 0 saturated heterocycles. The molecule has 2 aromatic rings. The Bertz CT molecular complexity index is 728. The van der Waals surface area contributed by atoms with Gasteiger partial charge in [-0.25, -0.2) is 9.18 Å². The first-order chi connectivity index (χ1) is 10.7. The quantitative estimate of drug-likeness (QED) is 0.794. The van der Waals surface area contributed by atoms with Gasteiger partial charge in [-0.2, -0.15) is 0 Å². The van der Waals surface area contributed by atoms with Gasteiger partial charge >= 0.3 is 6.03 Å². The minimum atomic E-state index is -1.31. The van der Waals surface area contributed by atoms with E-state index in [0.29, 0.717) is 17.1 Å². The van der Waals surface area contributed by atoms with Crippen LogP contribution >= 0.6 is 11.6 Å². The molecule has 7 heteroatoms. The van der Waals surface area contributed by atoms with E-state index in [1.54, 1.807) is 26.8 Å². The van der Waals surface area contributed by atoms with Crippen LogP contribution in [0.2, 0.25) is 5.02 Å². The van der Waals surface area contributed by atoms with Gasteiger partial charge in [0.1, 0.15) is 17.1 Å². The lowest BCUT2D eigenvalue weighted by Gasteiger charge is -2.23. The summed E-state index contributed by atoms with van der Waals surface area (Å²) in [6, 6.07) is 5.36. The number of carbonyl (C=O) groups is 1. The van der Waals surface area contributed by atoms with Gasteiger partial charge in [-0.05, 0) is 39.0 Å². The summed E-state index contributed by atoms with van der Waals surface area (Å²) in [6.45, 7) is 5.00. The van der Waals surface area contributed by atoms with Crippen molar-refractivity contribution in [2.75, 3.05) is 11.9 Å². The molecule has 2 rings (SSSR count). The number of aliphatic hydroxyl groups is 1. The number of nitrogens with one attached hydrogen (secondary N) is 2. The molecule has 0 aliphatic heterocycles. The van der Waals surface area contributed by atoms with Crippen molar-refractivity contribution in [2.45, 2.75) is 26.4 Å². The van der Waals surface area contributed by atoms with Gasteiger partial charge < -0.3 is 20.2 Å². The van der Waals surface area contributed by atoms with Crippen LogP contribution in [0, 0.1) is 19.7 Å². The van der Waals surface area contributed by atoms with Crippen LogP contribution < -0.4 is 10.6 Å². The molecule has 0 radical (unpaired) electrons. The molecule has 1 aromatic heterocycles. The highest BCUT2D eigenvalue weighted by atomic mass is 35.5. The molecule has 1 atom stereocenters. The first-order valence-corrected chi connectivity index (χ1v) is 7.37. The smallest absolute Gasteiger partial charge is 0.319 e. The van der Waals surface area contributed by atoms with Crippen molar-refractivity contribution in [3.8, 4) is 0 Å². The Morgan fingerprint density at radius 1 is 1.43 bits per heavy atom. The van der Waals surface area contributed by atoms with Crippen LogP contribution in [-0.4, -0.2) is 17.7 Å². The van der Waals surface area contributed by atoms with E-state index >= 15 is 0 Å². The second-order valence-corrected chi connectivity index (χ2v) is 5.92. The van der Waals surface area contributed by atoms with Gasteiger partial charge in [-0.1, -0.05) is 17.7 Å². The highest BCUT2D eigenvalue weighted by molar-refractivity contribution is 6.31. The summed E-state index contributed by atoms with van der Waals surface area (Å²) in [4.78, 5) is 11.9. The number of furan rings is 1. The van der Waals surface area contributed by atoms with Gasteiger partial charge in [0.05, 0.1) is 17.3 Å². The van der Waals surface area contributed by atoms with Crippen molar-refractivity contribution in [1.82, 2.24) is 5.32 Å². The maximum absolute atomic E-state index is 13.7. The Morgan fingerprint density at radius 2 is 2.13 bits per heavy atom. The third-order valence-corrected chi connectivity index (χ3v) is 3.71. The number of aryl methyl sites for hydroxylation is 2. The molecule has 0 saturated carbocycles. The largest absolute Gasteiger partial charge is 0.466 e. The van der Waals surface area contributed by atoms with Crippen molar-refractivity contribution in [3.63, 3.8) is 0 Å². The summed E-state index contributed by atoms with van der Waals surface area (Å²) in [5, 5.41) is 15.3. The second kappa shape index (κ2) is 6.60. The normalized spacial score (nSPS) is 13.5. The SMILES string of the molecule is Cc1cc(C(C)(O)CNC(=O)Nc2cccc(Cl)c2F)c(C)o1. The monoisotopic (exact) mass is 340 g/mol. The fourth-order valence-corrected chi connectivity index (χ4v) is 2.45. The molecule has 1 heterocycles. The van der Waals surface area contributed by atoms with Crippen LogP contribution in [0.15, 0.2) is 28.7 Å². The summed E-state index contributed by atoms with van der Waals surface area (Å²) in [5.41, 5.74) is -0.763. The number of halogens is 2. The Hall–Kier alpha value is -2.05. The lowest BCUT2D eigenvalue weighted by Crippen LogP contribution is -2.40. The molecular weight excluding hydrogens is 323 g/mol. The zero-order valence-corrected chi connectivity index (χ0v) is 13.8. The highest BCUT2D eigenvalue weighted by Crippen LogP contribution is 2.26. The Labute approximate surface area is 138 Å². The number of anilines is 1. The number of amides is 2. The Morgan fingerprint density at radius 3 is 2.74 bits per heavy atom. The zero-order chi connectivity index (χ0) is 17.2. The summed E-state index contributed by atoms with van der Waals surface area (Å²) in [6.07, 6.45) is 0. The predicted molar refractivity (Wildman–Crippen MR) is 86.2 cm³/mol. The number of benzene rings is 1. The van der Waals surface area contributed by atoms with Crippen molar-refractivity contribution < 1.29 is 18.7 Å². The van der Waals surface area contributed by atoms with Gasteiger partial charge in [0.15, 0.2) is 5.82 Å². The van der Waals surface area contributed by atoms with E-state index in [2.05, 4.69) is 10.6 Å². The summed E-state index contributed by atoms with van der Waals surface area (Å²) < 4.78 is 19.1. The maximum Gasteiger partial charge on any atom is 0.319 e. The van der Waals surface area contributed by atoms with Gasteiger partial charge in [-0.3, -0.25) is 0 Å². The molecular formula is C16H18ClFN2O3. The van der Waals surface area contributed by atoms with E-state index in [-0.39, 0.29) is 17.3 Å². The lowest BCUT2D eigenvalue weighted by atomic mass is 9.96. The minimum Gasteiger partial charge on any atom is -0.466 e. The number of urea groups is 1. The van der Waals surface area contributed by atoms with Gasteiger partial charge in [0.2, 0.25) is 0 Å². The third kappa shape index (κ3) is 4.03. The number of hydrogen-bond acceptors (Lipinski definition) is 3.